The monoisotopic (exact) mass is 326 g/mol. The second-order valence-corrected chi connectivity index (χ2v) is 5.64. The maximum atomic E-state index is 13.5. The number of pyridine rings is 1. The molecular formula is C13H12BrFN2S. The molecule has 0 atom stereocenters. The minimum atomic E-state index is -0.240. The van der Waals surface area contributed by atoms with Crippen LogP contribution in [0.3, 0.4) is 0 Å². The van der Waals surface area contributed by atoms with Crippen LogP contribution in [0.1, 0.15) is 5.56 Å². The van der Waals surface area contributed by atoms with E-state index in [2.05, 4.69) is 20.9 Å². The molecule has 2 rings (SSSR count). The van der Waals surface area contributed by atoms with Crippen LogP contribution in [0.4, 0.5) is 4.39 Å². The highest BCUT2D eigenvalue weighted by atomic mass is 79.9. The number of nitrogens with two attached hydrogens (primary N) is 1. The molecule has 0 radical (unpaired) electrons. The van der Waals surface area contributed by atoms with Crippen molar-refractivity contribution in [3.63, 3.8) is 0 Å². The molecule has 1 aromatic carbocycles. The molecule has 0 saturated carbocycles. The van der Waals surface area contributed by atoms with Gasteiger partial charge in [0.25, 0.3) is 0 Å². The number of rotatable bonds is 4. The van der Waals surface area contributed by atoms with Crippen LogP contribution in [0.15, 0.2) is 50.9 Å². The fourth-order valence-electron chi connectivity index (χ4n) is 1.55. The van der Waals surface area contributed by atoms with E-state index in [-0.39, 0.29) is 5.82 Å². The quantitative estimate of drug-likeness (QED) is 0.932. The van der Waals surface area contributed by atoms with Gasteiger partial charge in [0.1, 0.15) is 10.8 Å². The molecule has 0 aliphatic rings. The third-order valence-electron chi connectivity index (χ3n) is 2.30. The van der Waals surface area contributed by atoms with Gasteiger partial charge in [0, 0.05) is 11.1 Å². The van der Waals surface area contributed by atoms with E-state index in [1.54, 1.807) is 6.20 Å². The van der Waals surface area contributed by atoms with Crippen LogP contribution in [0.25, 0.3) is 0 Å². The Morgan fingerprint density at radius 2 is 2.17 bits per heavy atom. The van der Waals surface area contributed by atoms with Crippen LogP contribution >= 0.6 is 27.7 Å². The third-order valence-corrected chi connectivity index (χ3v) is 4.20. The first-order valence-electron chi connectivity index (χ1n) is 5.47. The summed E-state index contributed by atoms with van der Waals surface area (Å²) in [6, 6.07) is 8.73. The highest BCUT2D eigenvalue weighted by molar-refractivity contribution is 9.10. The molecular weight excluding hydrogens is 315 g/mol. The molecule has 1 aromatic heterocycles. The van der Waals surface area contributed by atoms with Gasteiger partial charge in [-0.15, -0.1) is 0 Å². The Hall–Kier alpha value is -0.910. The number of halogens is 2. The van der Waals surface area contributed by atoms with Crippen molar-refractivity contribution in [3.8, 4) is 0 Å². The Morgan fingerprint density at radius 1 is 1.33 bits per heavy atom. The summed E-state index contributed by atoms with van der Waals surface area (Å²) in [6.45, 7) is 0.515. The Balaban J connectivity index is 2.26. The number of benzene rings is 1. The summed E-state index contributed by atoms with van der Waals surface area (Å²) in [7, 11) is 0. The Kier molecular flexibility index (Phi) is 4.74. The van der Waals surface area contributed by atoms with Gasteiger partial charge in [-0.3, -0.25) is 0 Å². The van der Waals surface area contributed by atoms with Crippen LogP contribution in [0.5, 0.6) is 0 Å². The van der Waals surface area contributed by atoms with E-state index in [0.717, 1.165) is 20.0 Å². The Labute approximate surface area is 118 Å². The second kappa shape index (κ2) is 6.31. The summed E-state index contributed by atoms with van der Waals surface area (Å²) in [6.07, 6.45) is 2.39. The predicted octanol–water partition coefficient (Wildman–Crippen LogP) is 3.64. The van der Waals surface area contributed by atoms with Gasteiger partial charge in [-0.05, 0) is 64.8 Å². The molecule has 18 heavy (non-hydrogen) atoms. The summed E-state index contributed by atoms with van der Waals surface area (Å²) < 4.78 is 14.4. The zero-order chi connectivity index (χ0) is 13.0. The molecule has 1 heterocycles. The summed E-state index contributed by atoms with van der Waals surface area (Å²) in [5.74, 6) is -0.240. The van der Waals surface area contributed by atoms with Crippen LogP contribution < -0.4 is 5.73 Å². The van der Waals surface area contributed by atoms with Gasteiger partial charge in [-0.1, -0.05) is 11.8 Å². The minimum absolute atomic E-state index is 0.240. The van der Waals surface area contributed by atoms with Gasteiger partial charge >= 0.3 is 0 Å². The van der Waals surface area contributed by atoms with E-state index in [9.17, 15) is 4.39 Å². The molecule has 0 saturated heterocycles. The van der Waals surface area contributed by atoms with Gasteiger partial charge in [0.15, 0.2) is 0 Å². The average molecular weight is 327 g/mol. The van der Waals surface area contributed by atoms with E-state index < -0.39 is 0 Å². The Bertz CT molecular complexity index is 548. The lowest BCUT2D eigenvalue weighted by Crippen LogP contribution is -2.03. The molecule has 0 fully saturated rings. The first-order valence-corrected chi connectivity index (χ1v) is 7.08. The first-order chi connectivity index (χ1) is 8.69. The van der Waals surface area contributed by atoms with Crippen molar-refractivity contribution < 1.29 is 4.39 Å². The molecule has 0 amide bonds. The topological polar surface area (TPSA) is 38.9 Å². The molecule has 0 aliphatic heterocycles. The lowest BCUT2D eigenvalue weighted by molar-refractivity contribution is 0.621. The lowest BCUT2D eigenvalue weighted by Gasteiger charge is -2.06. The number of aromatic nitrogens is 1. The van der Waals surface area contributed by atoms with Crippen molar-refractivity contribution in [1.82, 2.24) is 4.98 Å². The average Bonchev–Trinajstić information content (AvgIpc) is 2.32. The van der Waals surface area contributed by atoms with Crippen molar-refractivity contribution in [3.05, 3.63) is 52.4 Å². The highest BCUT2D eigenvalue weighted by Gasteiger charge is 2.06. The van der Waals surface area contributed by atoms with Crippen molar-refractivity contribution in [2.75, 3.05) is 6.54 Å². The highest BCUT2D eigenvalue weighted by Crippen LogP contribution is 2.32. The van der Waals surface area contributed by atoms with Crippen molar-refractivity contribution in [1.29, 1.82) is 0 Å². The van der Waals surface area contributed by atoms with E-state index >= 15 is 0 Å². The molecule has 0 bridgehead atoms. The molecule has 5 heteroatoms. The molecule has 2 aromatic rings. The molecule has 0 aliphatic carbocycles. The number of nitrogens with zero attached hydrogens (tertiary/aromatic N) is 1. The number of hydrogen-bond donors (Lipinski definition) is 1. The van der Waals surface area contributed by atoms with Gasteiger partial charge in [-0.25, -0.2) is 9.37 Å². The summed E-state index contributed by atoms with van der Waals surface area (Å²) in [4.78, 5) is 5.08. The largest absolute Gasteiger partial charge is 0.330 e. The maximum absolute atomic E-state index is 13.5. The Morgan fingerprint density at radius 3 is 2.89 bits per heavy atom. The SMILES string of the molecule is NCCc1cc(F)cc(Sc2ncccc2Br)c1. The summed E-state index contributed by atoms with van der Waals surface area (Å²) >= 11 is 4.85. The second-order valence-electron chi connectivity index (χ2n) is 3.73. The van der Waals surface area contributed by atoms with Crippen molar-refractivity contribution in [2.45, 2.75) is 16.3 Å². The standard InChI is InChI=1S/C13H12BrFN2S/c14-12-2-1-5-17-13(12)18-11-7-9(3-4-16)6-10(15)8-11/h1-2,5-8H,3-4,16H2. The lowest BCUT2D eigenvalue weighted by atomic mass is 10.1. The summed E-state index contributed by atoms with van der Waals surface area (Å²) in [5, 5.41) is 0.821. The van der Waals surface area contributed by atoms with Crippen LogP contribution in [-0.2, 0) is 6.42 Å². The zero-order valence-electron chi connectivity index (χ0n) is 9.57. The normalized spacial score (nSPS) is 10.6. The van der Waals surface area contributed by atoms with E-state index in [0.29, 0.717) is 13.0 Å². The minimum Gasteiger partial charge on any atom is -0.330 e. The van der Waals surface area contributed by atoms with Gasteiger partial charge < -0.3 is 5.73 Å². The zero-order valence-corrected chi connectivity index (χ0v) is 12.0. The van der Waals surface area contributed by atoms with Gasteiger partial charge in [0.05, 0.1) is 4.47 Å². The number of hydrogen-bond acceptors (Lipinski definition) is 3. The van der Waals surface area contributed by atoms with Crippen molar-refractivity contribution in [2.24, 2.45) is 5.73 Å². The molecule has 2 nitrogen and oxygen atoms in total. The predicted molar refractivity (Wildman–Crippen MR) is 75.2 cm³/mol. The van der Waals surface area contributed by atoms with E-state index in [1.807, 2.05) is 18.2 Å². The van der Waals surface area contributed by atoms with Crippen LogP contribution in [0, 0.1) is 5.82 Å². The fourth-order valence-corrected chi connectivity index (χ4v) is 2.93. The van der Waals surface area contributed by atoms with Gasteiger partial charge in [-0.2, -0.15) is 0 Å². The molecule has 0 spiro atoms. The summed E-state index contributed by atoms with van der Waals surface area (Å²) in [5.41, 5.74) is 6.40. The fraction of sp³-hybridized carbons (Fsp3) is 0.154. The maximum Gasteiger partial charge on any atom is 0.124 e. The molecule has 2 N–H and O–H groups in total. The smallest absolute Gasteiger partial charge is 0.124 e. The third kappa shape index (κ3) is 3.54. The molecule has 94 valence electrons. The van der Waals surface area contributed by atoms with Crippen LogP contribution in [-0.4, -0.2) is 11.5 Å². The first kappa shape index (κ1) is 13.5. The molecule has 0 unspecified atom stereocenters. The van der Waals surface area contributed by atoms with E-state index in [4.69, 9.17) is 5.73 Å². The van der Waals surface area contributed by atoms with Gasteiger partial charge in [0.2, 0.25) is 0 Å². The van der Waals surface area contributed by atoms with E-state index in [1.165, 1.54) is 23.9 Å². The van der Waals surface area contributed by atoms with Crippen LogP contribution in [0.2, 0.25) is 0 Å². The van der Waals surface area contributed by atoms with Crippen molar-refractivity contribution >= 4 is 27.7 Å².